The molecule has 1 aliphatic heterocycles. The lowest BCUT2D eigenvalue weighted by molar-refractivity contribution is -0.384. The third-order valence-corrected chi connectivity index (χ3v) is 9.50. The van der Waals surface area contributed by atoms with Crippen LogP contribution in [0.25, 0.3) is 0 Å². The van der Waals surface area contributed by atoms with Gasteiger partial charge in [0, 0.05) is 32.4 Å². The highest BCUT2D eigenvalue weighted by Crippen LogP contribution is 2.44. The number of imide groups is 1. The number of halogens is 4. The maximum absolute atomic E-state index is 13.6. The van der Waals surface area contributed by atoms with E-state index in [1.54, 1.807) is 0 Å². The number of amides is 3. The Morgan fingerprint density at radius 3 is 2.06 bits per heavy atom. The summed E-state index contributed by atoms with van der Waals surface area (Å²) in [7, 11) is 0. The number of ketones is 1. The van der Waals surface area contributed by atoms with Gasteiger partial charge in [-0.3, -0.25) is 29.3 Å². The quantitative estimate of drug-likeness (QED) is 0.140. The fraction of sp³-hybridized carbons (Fsp3) is 0.304. The summed E-state index contributed by atoms with van der Waals surface area (Å²) >= 11 is 19.2. The van der Waals surface area contributed by atoms with Gasteiger partial charge >= 0.3 is 0 Å². The number of carbonyl (C=O) groups is 4. The fourth-order valence-corrected chi connectivity index (χ4v) is 6.07. The number of fused-ring (bicyclic) bond motifs is 1. The summed E-state index contributed by atoms with van der Waals surface area (Å²) in [6, 6.07) is 8.91. The molecule has 1 saturated heterocycles. The molecular formula is C23H17Br2Cl2N3O6. The number of benzene rings is 2. The van der Waals surface area contributed by atoms with E-state index < -0.39 is 46.8 Å². The van der Waals surface area contributed by atoms with Crippen LogP contribution in [0.5, 0.6) is 0 Å². The molecule has 0 spiro atoms. The lowest BCUT2D eigenvalue weighted by atomic mass is 9.81. The molecule has 0 N–H and O–H groups in total. The van der Waals surface area contributed by atoms with E-state index in [1.165, 1.54) is 30.3 Å². The molecule has 3 amide bonds. The first-order valence-corrected chi connectivity index (χ1v) is 13.3. The van der Waals surface area contributed by atoms with Gasteiger partial charge in [0.1, 0.15) is 6.54 Å². The molecule has 0 unspecified atom stereocenters. The number of hydrogen-bond donors (Lipinski definition) is 0. The number of Topliss-reactive ketones (excluding diaryl/α,β-unsaturated/α-hetero) is 1. The molecule has 0 bridgehead atoms. The average molecular weight is 662 g/mol. The van der Waals surface area contributed by atoms with Crippen LogP contribution in [0.15, 0.2) is 42.5 Å². The van der Waals surface area contributed by atoms with Gasteiger partial charge in [-0.25, -0.2) is 5.01 Å². The number of nitro groups is 1. The Bertz CT molecular complexity index is 1250. The first-order valence-electron chi connectivity index (χ1n) is 10.7. The van der Waals surface area contributed by atoms with Crippen LogP contribution in [0.3, 0.4) is 0 Å². The summed E-state index contributed by atoms with van der Waals surface area (Å²) in [5.74, 6) is -3.93. The maximum atomic E-state index is 13.6. The number of alkyl halides is 2. The van der Waals surface area contributed by atoms with Gasteiger partial charge in [-0.05, 0) is 43.2 Å². The molecule has 0 radical (unpaired) electrons. The molecule has 0 aromatic heterocycles. The first-order chi connectivity index (χ1) is 17.0. The van der Waals surface area contributed by atoms with E-state index in [9.17, 15) is 29.3 Å². The molecule has 2 aromatic carbocycles. The number of non-ortho nitro benzene ring substituents is 1. The summed E-state index contributed by atoms with van der Waals surface area (Å²) < 4.78 is 0. The van der Waals surface area contributed by atoms with E-state index >= 15 is 0 Å². The highest BCUT2D eigenvalue weighted by atomic mass is 79.9. The zero-order valence-corrected chi connectivity index (χ0v) is 23.0. The Morgan fingerprint density at radius 2 is 1.56 bits per heavy atom. The SMILES string of the molecule is O=C(CN(C(=O)c1ccc(Cl)cc1Cl)N1C(=O)[C@H]2C[C@H](Br)[C@@H](Br)C[C@H]2C1=O)c1ccc([N+](=O)[O-])cc1. The van der Waals surface area contributed by atoms with Gasteiger partial charge in [0.15, 0.2) is 5.78 Å². The number of carbonyl (C=O) groups excluding carboxylic acids is 4. The van der Waals surface area contributed by atoms with E-state index in [2.05, 4.69) is 31.9 Å². The normalized spacial score (nSPS) is 23.4. The van der Waals surface area contributed by atoms with Crippen molar-refractivity contribution in [3.05, 3.63) is 73.8 Å². The van der Waals surface area contributed by atoms with Crippen LogP contribution in [0.2, 0.25) is 10.0 Å². The fourth-order valence-electron chi connectivity index (χ4n) is 4.35. The molecule has 36 heavy (non-hydrogen) atoms. The number of nitrogens with zero attached hydrogens (tertiary/aromatic N) is 3. The predicted octanol–water partition coefficient (Wildman–Crippen LogP) is 5.06. The van der Waals surface area contributed by atoms with Crippen LogP contribution in [0.1, 0.15) is 33.6 Å². The number of hydrazine groups is 1. The molecule has 1 heterocycles. The minimum absolute atomic E-state index is 0.0159. The predicted molar refractivity (Wildman–Crippen MR) is 138 cm³/mol. The second-order valence-electron chi connectivity index (χ2n) is 8.42. The zero-order valence-electron chi connectivity index (χ0n) is 18.3. The molecular weight excluding hydrogens is 645 g/mol. The lowest BCUT2D eigenvalue weighted by Crippen LogP contribution is -2.52. The third-order valence-electron chi connectivity index (χ3n) is 6.22. The van der Waals surface area contributed by atoms with E-state index in [0.717, 1.165) is 22.2 Å². The third kappa shape index (κ3) is 5.06. The molecule has 2 aromatic rings. The van der Waals surface area contributed by atoms with Crippen molar-refractivity contribution in [1.29, 1.82) is 0 Å². The Kier molecular flexibility index (Phi) is 7.84. The van der Waals surface area contributed by atoms with Gasteiger partial charge in [0.05, 0.1) is 27.3 Å². The largest absolute Gasteiger partial charge is 0.292 e. The van der Waals surface area contributed by atoms with Gasteiger partial charge in [-0.1, -0.05) is 55.1 Å². The van der Waals surface area contributed by atoms with Crippen LogP contribution in [-0.4, -0.2) is 54.6 Å². The molecule has 13 heteroatoms. The molecule has 4 rings (SSSR count). The minimum atomic E-state index is -0.835. The highest BCUT2D eigenvalue weighted by Gasteiger charge is 2.54. The molecule has 9 nitrogen and oxygen atoms in total. The van der Waals surface area contributed by atoms with Crippen LogP contribution in [-0.2, 0) is 9.59 Å². The smallest absolute Gasteiger partial charge is 0.274 e. The summed E-state index contributed by atoms with van der Waals surface area (Å²) in [6.07, 6.45) is 0.753. The van der Waals surface area contributed by atoms with Crippen molar-refractivity contribution >= 4 is 84.3 Å². The summed E-state index contributed by atoms with van der Waals surface area (Å²) in [5.41, 5.74) is -0.196. The van der Waals surface area contributed by atoms with Crippen molar-refractivity contribution in [2.24, 2.45) is 11.8 Å². The monoisotopic (exact) mass is 659 g/mol. The molecule has 4 atom stereocenters. The van der Waals surface area contributed by atoms with Crippen molar-refractivity contribution in [3.63, 3.8) is 0 Å². The van der Waals surface area contributed by atoms with Crippen LogP contribution < -0.4 is 0 Å². The van der Waals surface area contributed by atoms with Crippen molar-refractivity contribution in [3.8, 4) is 0 Å². The second kappa shape index (κ2) is 10.6. The number of rotatable bonds is 6. The van der Waals surface area contributed by atoms with Gasteiger partial charge in [-0.15, -0.1) is 0 Å². The zero-order chi connectivity index (χ0) is 26.3. The Morgan fingerprint density at radius 1 is 1.00 bits per heavy atom. The average Bonchev–Trinajstić information content (AvgIpc) is 3.06. The summed E-state index contributed by atoms with van der Waals surface area (Å²) in [5, 5.41) is 12.7. The van der Waals surface area contributed by atoms with E-state index in [-0.39, 0.29) is 36.5 Å². The van der Waals surface area contributed by atoms with Gasteiger partial charge in [0.2, 0.25) is 0 Å². The van der Waals surface area contributed by atoms with Gasteiger partial charge in [-0.2, -0.15) is 5.01 Å². The van der Waals surface area contributed by atoms with Crippen molar-refractivity contribution in [2.75, 3.05) is 6.54 Å². The van der Waals surface area contributed by atoms with Crippen molar-refractivity contribution in [2.45, 2.75) is 22.5 Å². The van der Waals surface area contributed by atoms with Gasteiger partial charge < -0.3 is 0 Å². The molecule has 1 aliphatic carbocycles. The standard InChI is InChI=1S/C23H17Br2Cl2N3O6/c24-17-8-15-16(9-18(17)25)23(34)29(22(15)33)28(21(32)14-6-3-12(26)7-19(14)27)10-20(31)11-1-4-13(5-2-11)30(35)36/h1-7,15-18H,8-10H2/t15-,16+,17-,18-/m0/s1. The minimum Gasteiger partial charge on any atom is -0.292 e. The second-order valence-corrected chi connectivity index (χ2v) is 11.6. The van der Waals surface area contributed by atoms with Crippen LogP contribution in [0, 0.1) is 22.0 Å². The Balaban J connectivity index is 1.71. The topological polar surface area (TPSA) is 118 Å². The van der Waals surface area contributed by atoms with E-state index in [0.29, 0.717) is 12.8 Å². The summed E-state index contributed by atoms with van der Waals surface area (Å²) in [6.45, 7) is -0.665. The molecule has 1 saturated carbocycles. The maximum Gasteiger partial charge on any atom is 0.274 e. The Hall–Kier alpha value is -2.34. The number of hydrogen-bond acceptors (Lipinski definition) is 6. The molecule has 2 fully saturated rings. The van der Waals surface area contributed by atoms with Crippen molar-refractivity contribution in [1.82, 2.24) is 10.0 Å². The van der Waals surface area contributed by atoms with Crippen LogP contribution >= 0.6 is 55.1 Å². The molecule has 2 aliphatic rings. The highest BCUT2D eigenvalue weighted by molar-refractivity contribution is 9.12. The first kappa shape index (κ1) is 26.7. The number of nitro benzene ring substituents is 1. The van der Waals surface area contributed by atoms with E-state index in [1.807, 2.05) is 0 Å². The summed E-state index contributed by atoms with van der Waals surface area (Å²) in [4.78, 5) is 63.7. The van der Waals surface area contributed by atoms with Crippen molar-refractivity contribution < 1.29 is 24.1 Å². The van der Waals surface area contributed by atoms with E-state index in [4.69, 9.17) is 23.2 Å². The van der Waals surface area contributed by atoms with Gasteiger partial charge in [0.25, 0.3) is 23.4 Å². The lowest BCUT2D eigenvalue weighted by Gasteiger charge is -2.30. The Labute approximate surface area is 232 Å². The molecule has 188 valence electrons. The van der Waals surface area contributed by atoms with Crippen LogP contribution in [0.4, 0.5) is 5.69 Å².